The normalized spacial score (nSPS) is 11.9. The van der Waals surface area contributed by atoms with Crippen molar-refractivity contribution in [1.82, 2.24) is 4.98 Å². The van der Waals surface area contributed by atoms with Crippen LogP contribution in [0.2, 0.25) is 0 Å². The second kappa shape index (κ2) is 7.37. The molecule has 0 spiro atoms. The Bertz CT molecular complexity index is 1260. The van der Waals surface area contributed by atoms with Gasteiger partial charge in [0, 0.05) is 5.56 Å². The molecule has 4 rings (SSSR count). The highest BCUT2D eigenvalue weighted by atomic mass is 32.2. The molecule has 0 amide bonds. The minimum atomic E-state index is -3.67. The van der Waals surface area contributed by atoms with Gasteiger partial charge in [-0.15, -0.1) is 0 Å². The van der Waals surface area contributed by atoms with Crippen LogP contribution in [0.5, 0.6) is 0 Å². The van der Waals surface area contributed by atoms with Crippen LogP contribution in [-0.2, 0) is 10.0 Å². The largest absolute Gasteiger partial charge is 0.436 e. The van der Waals surface area contributed by atoms with Gasteiger partial charge in [-0.25, -0.2) is 13.4 Å². The second-order valence-electron chi connectivity index (χ2n) is 7.40. The van der Waals surface area contributed by atoms with E-state index in [1.54, 1.807) is 42.5 Å². The van der Waals surface area contributed by atoms with Gasteiger partial charge in [-0.05, 0) is 60.9 Å². The molecule has 5 nitrogen and oxygen atoms in total. The number of fused-ring (bicyclic) bond motifs is 1. The summed E-state index contributed by atoms with van der Waals surface area (Å²) in [7, 11) is -3.67. The second-order valence-corrected chi connectivity index (χ2v) is 9.08. The molecule has 0 fully saturated rings. The SMILES string of the molecule is Cc1ccc(S(=O)(=O)Nc2ccc3oc(-c4ccc(C(C)C)cc4)nc3c2)cc1. The van der Waals surface area contributed by atoms with E-state index in [4.69, 9.17) is 4.42 Å². The quantitative estimate of drug-likeness (QED) is 0.459. The Kier molecular flexibility index (Phi) is 4.88. The number of hydrogen-bond donors (Lipinski definition) is 1. The predicted molar refractivity (Wildman–Crippen MR) is 116 cm³/mol. The molecule has 1 aromatic heterocycles. The summed E-state index contributed by atoms with van der Waals surface area (Å²) in [4.78, 5) is 4.75. The topological polar surface area (TPSA) is 72.2 Å². The van der Waals surface area contributed by atoms with Crippen molar-refractivity contribution in [1.29, 1.82) is 0 Å². The van der Waals surface area contributed by atoms with Crippen LogP contribution in [0.3, 0.4) is 0 Å². The molecular weight excluding hydrogens is 384 g/mol. The molecule has 0 atom stereocenters. The Balaban J connectivity index is 1.62. The van der Waals surface area contributed by atoms with Crippen molar-refractivity contribution in [2.75, 3.05) is 4.72 Å². The number of hydrogen-bond acceptors (Lipinski definition) is 4. The van der Waals surface area contributed by atoms with Gasteiger partial charge in [-0.2, -0.15) is 0 Å². The lowest BCUT2D eigenvalue weighted by Crippen LogP contribution is -2.12. The maximum Gasteiger partial charge on any atom is 0.261 e. The average molecular weight is 407 g/mol. The Labute approximate surface area is 170 Å². The zero-order valence-corrected chi connectivity index (χ0v) is 17.3. The lowest BCUT2D eigenvalue weighted by atomic mass is 10.0. The highest BCUT2D eigenvalue weighted by Crippen LogP contribution is 2.28. The Morgan fingerprint density at radius 1 is 0.931 bits per heavy atom. The number of oxazole rings is 1. The van der Waals surface area contributed by atoms with Gasteiger partial charge < -0.3 is 4.42 Å². The van der Waals surface area contributed by atoms with E-state index in [2.05, 4.69) is 35.7 Å². The van der Waals surface area contributed by atoms with Gasteiger partial charge in [0.2, 0.25) is 5.89 Å². The first-order valence-corrected chi connectivity index (χ1v) is 10.9. The van der Waals surface area contributed by atoms with Crippen LogP contribution in [0.25, 0.3) is 22.6 Å². The number of nitrogens with one attached hydrogen (secondary N) is 1. The van der Waals surface area contributed by atoms with E-state index in [0.29, 0.717) is 28.6 Å². The fourth-order valence-corrected chi connectivity index (χ4v) is 4.11. The summed E-state index contributed by atoms with van der Waals surface area (Å²) in [6.45, 7) is 6.21. The van der Waals surface area contributed by atoms with Crippen molar-refractivity contribution in [2.24, 2.45) is 0 Å². The van der Waals surface area contributed by atoms with Crippen molar-refractivity contribution in [3.63, 3.8) is 0 Å². The van der Waals surface area contributed by atoms with E-state index in [0.717, 1.165) is 11.1 Å². The molecule has 3 aromatic carbocycles. The lowest BCUT2D eigenvalue weighted by molar-refractivity contribution is 0.601. The summed E-state index contributed by atoms with van der Waals surface area (Å²) in [6, 6.07) is 19.9. The predicted octanol–water partition coefficient (Wildman–Crippen LogP) is 5.73. The van der Waals surface area contributed by atoms with Crippen LogP contribution in [0.1, 0.15) is 30.9 Å². The smallest absolute Gasteiger partial charge is 0.261 e. The van der Waals surface area contributed by atoms with Crippen LogP contribution in [0, 0.1) is 6.92 Å². The summed E-state index contributed by atoms with van der Waals surface area (Å²) < 4.78 is 33.7. The third kappa shape index (κ3) is 4.03. The molecule has 0 aliphatic rings. The molecule has 0 unspecified atom stereocenters. The van der Waals surface area contributed by atoms with Crippen molar-refractivity contribution in [3.05, 3.63) is 77.9 Å². The van der Waals surface area contributed by atoms with Gasteiger partial charge in [0.25, 0.3) is 10.0 Å². The molecule has 0 aliphatic heterocycles. The number of benzene rings is 3. The number of sulfonamides is 1. The molecule has 0 radical (unpaired) electrons. The minimum Gasteiger partial charge on any atom is -0.436 e. The Morgan fingerprint density at radius 2 is 1.62 bits per heavy atom. The van der Waals surface area contributed by atoms with E-state index in [1.165, 1.54) is 5.56 Å². The van der Waals surface area contributed by atoms with Crippen molar-refractivity contribution >= 4 is 26.8 Å². The molecular formula is C23H22N2O3S. The van der Waals surface area contributed by atoms with Crippen molar-refractivity contribution in [2.45, 2.75) is 31.6 Å². The first-order valence-electron chi connectivity index (χ1n) is 9.42. The third-order valence-corrected chi connectivity index (χ3v) is 6.19. The van der Waals surface area contributed by atoms with Crippen molar-refractivity contribution < 1.29 is 12.8 Å². The zero-order chi connectivity index (χ0) is 20.6. The maximum atomic E-state index is 12.6. The van der Waals surface area contributed by atoms with Crippen molar-refractivity contribution in [3.8, 4) is 11.5 Å². The van der Waals surface area contributed by atoms with Crippen LogP contribution < -0.4 is 4.72 Å². The molecule has 0 bridgehead atoms. The fourth-order valence-electron chi connectivity index (χ4n) is 3.06. The van der Waals surface area contributed by atoms with Gasteiger partial charge in [0.05, 0.1) is 10.6 Å². The molecule has 0 saturated heterocycles. The number of nitrogens with zero attached hydrogens (tertiary/aromatic N) is 1. The van der Waals surface area contributed by atoms with E-state index in [9.17, 15) is 8.42 Å². The molecule has 148 valence electrons. The zero-order valence-electron chi connectivity index (χ0n) is 16.5. The molecule has 0 saturated carbocycles. The number of aryl methyl sites for hydroxylation is 1. The Morgan fingerprint density at radius 3 is 2.28 bits per heavy atom. The highest BCUT2D eigenvalue weighted by molar-refractivity contribution is 7.92. The summed E-state index contributed by atoms with van der Waals surface area (Å²) in [5.74, 6) is 0.964. The summed E-state index contributed by atoms with van der Waals surface area (Å²) in [5.41, 5.74) is 4.77. The van der Waals surface area contributed by atoms with Gasteiger partial charge in [-0.1, -0.05) is 43.7 Å². The van der Waals surface area contributed by atoms with Gasteiger partial charge in [0.15, 0.2) is 5.58 Å². The van der Waals surface area contributed by atoms with Crippen LogP contribution in [0.15, 0.2) is 76.0 Å². The van der Waals surface area contributed by atoms with Crippen LogP contribution in [0.4, 0.5) is 5.69 Å². The van der Waals surface area contributed by atoms with Gasteiger partial charge in [-0.3, -0.25) is 4.72 Å². The van der Waals surface area contributed by atoms with E-state index < -0.39 is 10.0 Å². The lowest BCUT2D eigenvalue weighted by Gasteiger charge is -2.08. The standard InChI is InChI=1S/C23H22N2O3S/c1-15(2)17-6-8-18(9-7-17)23-24-21-14-19(10-13-22(21)28-23)25-29(26,27)20-11-4-16(3)5-12-20/h4-15,25H,1-3H3. The minimum absolute atomic E-state index is 0.217. The van der Waals surface area contributed by atoms with E-state index in [-0.39, 0.29) is 4.90 Å². The maximum absolute atomic E-state index is 12.6. The van der Waals surface area contributed by atoms with Crippen LogP contribution >= 0.6 is 0 Å². The van der Waals surface area contributed by atoms with Crippen LogP contribution in [-0.4, -0.2) is 13.4 Å². The highest BCUT2D eigenvalue weighted by Gasteiger charge is 2.15. The van der Waals surface area contributed by atoms with Gasteiger partial charge in [0.1, 0.15) is 5.52 Å². The van der Waals surface area contributed by atoms with E-state index in [1.807, 2.05) is 19.1 Å². The molecule has 29 heavy (non-hydrogen) atoms. The fraction of sp³-hybridized carbons (Fsp3) is 0.174. The van der Waals surface area contributed by atoms with E-state index >= 15 is 0 Å². The molecule has 1 heterocycles. The average Bonchev–Trinajstić information content (AvgIpc) is 3.11. The molecule has 0 aliphatic carbocycles. The number of anilines is 1. The summed E-state index contributed by atoms with van der Waals surface area (Å²) in [6.07, 6.45) is 0. The first-order chi connectivity index (χ1) is 13.8. The summed E-state index contributed by atoms with van der Waals surface area (Å²) >= 11 is 0. The third-order valence-electron chi connectivity index (χ3n) is 4.80. The number of aromatic nitrogens is 1. The Hall–Kier alpha value is -3.12. The molecule has 4 aromatic rings. The molecule has 1 N–H and O–H groups in total. The first kappa shape index (κ1) is 19.2. The summed E-state index contributed by atoms with van der Waals surface area (Å²) in [5, 5.41) is 0. The monoisotopic (exact) mass is 406 g/mol. The number of rotatable bonds is 5. The van der Waals surface area contributed by atoms with Gasteiger partial charge >= 0.3 is 0 Å². The molecule has 6 heteroatoms.